The third-order valence-electron chi connectivity index (χ3n) is 3.92. The molecule has 3 atom stereocenters. The molecule has 25 heavy (non-hydrogen) atoms. The summed E-state index contributed by atoms with van der Waals surface area (Å²) in [4.78, 5) is 24.0. The highest BCUT2D eigenvalue weighted by Gasteiger charge is 2.34. The molecule has 7 nitrogen and oxygen atoms in total. The summed E-state index contributed by atoms with van der Waals surface area (Å²) in [5.74, 6) is 0.737. The van der Waals surface area contributed by atoms with E-state index in [4.69, 9.17) is 9.47 Å². The van der Waals surface area contributed by atoms with Crippen LogP contribution in [0.15, 0.2) is 53.5 Å². The number of para-hydroxylation sites is 2. The number of aliphatic hydroxyl groups excluding tert-OH is 1. The SMILES string of the molecule is C[C@@H]1Oc2ccccc2O[C@@H]1C(=O)NC[C@H](O)Cn1ccccc1=O. The fourth-order valence-corrected chi connectivity index (χ4v) is 2.63. The second-order valence-corrected chi connectivity index (χ2v) is 5.90. The zero-order valence-electron chi connectivity index (χ0n) is 13.8. The molecule has 1 aromatic heterocycles. The zero-order chi connectivity index (χ0) is 17.8. The van der Waals surface area contributed by atoms with E-state index in [0.29, 0.717) is 11.5 Å². The van der Waals surface area contributed by atoms with E-state index in [1.54, 1.807) is 43.5 Å². The van der Waals surface area contributed by atoms with Crippen molar-refractivity contribution in [1.29, 1.82) is 0 Å². The molecule has 0 spiro atoms. The minimum absolute atomic E-state index is 0.00833. The summed E-state index contributed by atoms with van der Waals surface area (Å²) in [5.41, 5.74) is -0.206. The Hall–Kier alpha value is -2.80. The summed E-state index contributed by atoms with van der Waals surface area (Å²) < 4.78 is 12.8. The van der Waals surface area contributed by atoms with Gasteiger partial charge in [0, 0.05) is 18.8 Å². The molecule has 0 radical (unpaired) electrons. The van der Waals surface area contributed by atoms with E-state index in [2.05, 4.69) is 5.32 Å². The highest BCUT2D eigenvalue weighted by Crippen LogP contribution is 2.33. The van der Waals surface area contributed by atoms with Gasteiger partial charge in [0.05, 0.1) is 12.6 Å². The van der Waals surface area contributed by atoms with Crippen molar-refractivity contribution in [2.75, 3.05) is 6.54 Å². The Morgan fingerprint density at radius 3 is 2.60 bits per heavy atom. The number of pyridine rings is 1. The zero-order valence-corrected chi connectivity index (χ0v) is 13.8. The highest BCUT2D eigenvalue weighted by molar-refractivity contribution is 5.82. The number of hydrogen-bond donors (Lipinski definition) is 2. The average Bonchev–Trinajstić information content (AvgIpc) is 2.61. The van der Waals surface area contributed by atoms with Crippen LogP contribution in [-0.4, -0.2) is 40.4 Å². The molecular weight excluding hydrogens is 324 g/mol. The van der Waals surface area contributed by atoms with Crippen LogP contribution in [0.2, 0.25) is 0 Å². The number of aliphatic hydroxyl groups is 1. The van der Waals surface area contributed by atoms with Gasteiger partial charge in [0.1, 0.15) is 6.10 Å². The van der Waals surface area contributed by atoms with Crippen molar-refractivity contribution in [2.24, 2.45) is 0 Å². The summed E-state index contributed by atoms with van der Waals surface area (Å²) >= 11 is 0. The summed E-state index contributed by atoms with van der Waals surface area (Å²) in [5, 5.41) is 12.7. The minimum atomic E-state index is -0.892. The Kier molecular flexibility index (Phi) is 5.04. The van der Waals surface area contributed by atoms with Crippen LogP contribution in [-0.2, 0) is 11.3 Å². The molecule has 3 rings (SSSR count). The maximum atomic E-state index is 12.3. The monoisotopic (exact) mass is 344 g/mol. The maximum absolute atomic E-state index is 12.3. The van der Waals surface area contributed by atoms with Crippen molar-refractivity contribution < 1.29 is 19.4 Å². The molecule has 0 aliphatic carbocycles. The molecule has 1 amide bonds. The number of aromatic nitrogens is 1. The van der Waals surface area contributed by atoms with Crippen molar-refractivity contribution in [3.63, 3.8) is 0 Å². The first-order valence-corrected chi connectivity index (χ1v) is 8.08. The second-order valence-electron chi connectivity index (χ2n) is 5.90. The van der Waals surface area contributed by atoms with Gasteiger partial charge in [-0.05, 0) is 25.1 Å². The number of fused-ring (bicyclic) bond motifs is 1. The first kappa shape index (κ1) is 17.0. The quantitative estimate of drug-likeness (QED) is 0.827. The van der Waals surface area contributed by atoms with Gasteiger partial charge < -0.3 is 24.5 Å². The third kappa shape index (κ3) is 4.00. The summed E-state index contributed by atoms with van der Waals surface area (Å²) in [6.45, 7) is 1.86. The van der Waals surface area contributed by atoms with Crippen molar-refractivity contribution in [3.8, 4) is 11.5 Å². The lowest BCUT2D eigenvalue weighted by Crippen LogP contribution is -2.50. The van der Waals surface area contributed by atoms with Crippen LogP contribution in [0.5, 0.6) is 11.5 Å². The topological polar surface area (TPSA) is 89.8 Å². The summed E-state index contributed by atoms with van der Waals surface area (Å²) in [6.07, 6.45) is -0.564. The molecule has 1 aromatic carbocycles. The number of nitrogens with one attached hydrogen (secondary N) is 1. The predicted octanol–water partition coefficient (Wildman–Crippen LogP) is 0.554. The normalized spacial score (nSPS) is 19.9. The maximum Gasteiger partial charge on any atom is 0.265 e. The van der Waals surface area contributed by atoms with Crippen molar-refractivity contribution in [3.05, 3.63) is 59.0 Å². The van der Waals surface area contributed by atoms with Crippen LogP contribution in [0.3, 0.4) is 0 Å². The molecule has 0 saturated carbocycles. The van der Waals surface area contributed by atoms with E-state index in [0.717, 1.165) is 0 Å². The van der Waals surface area contributed by atoms with Gasteiger partial charge in [0.25, 0.3) is 11.5 Å². The molecule has 2 heterocycles. The summed E-state index contributed by atoms with van der Waals surface area (Å²) in [6, 6.07) is 11.9. The van der Waals surface area contributed by atoms with E-state index < -0.39 is 18.3 Å². The number of carbonyl (C=O) groups is 1. The van der Waals surface area contributed by atoms with E-state index in [9.17, 15) is 14.7 Å². The number of nitrogens with zero attached hydrogens (tertiary/aromatic N) is 1. The van der Waals surface area contributed by atoms with Crippen LogP contribution in [0.4, 0.5) is 0 Å². The smallest absolute Gasteiger partial charge is 0.265 e. The Labute approximate surface area is 144 Å². The van der Waals surface area contributed by atoms with Crippen molar-refractivity contribution in [2.45, 2.75) is 31.8 Å². The molecule has 7 heteroatoms. The van der Waals surface area contributed by atoms with Crippen LogP contribution >= 0.6 is 0 Å². The number of amides is 1. The van der Waals surface area contributed by atoms with E-state index in [1.807, 2.05) is 6.07 Å². The second kappa shape index (κ2) is 7.40. The molecule has 0 unspecified atom stereocenters. The van der Waals surface area contributed by atoms with E-state index in [1.165, 1.54) is 10.6 Å². The standard InChI is InChI=1S/C18H20N2O5/c1-12-17(25-15-7-3-2-6-14(15)24-12)18(23)19-10-13(21)11-20-9-5-4-8-16(20)22/h2-9,12-13,17,21H,10-11H2,1H3,(H,19,23)/t12-,13-,17-/m0/s1. The number of ether oxygens (including phenoxy) is 2. The van der Waals surface area contributed by atoms with Gasteiger partial charge >= 0.3 is 0 Å². The number of carbonyl (C=O) groups excluding carboxylic acids is 1. The first-order chi connectivity index (χ1) is 12.0. The largest absolute Gasteiger partial charge is 0.482 e. The lowest BCUT2D eigenvalue weighted by atomic mass is 10.1. The van der Waals surface area contributed by atoms with Crippen LogP contribution < -0.4 is 20.3 Å². The van der Waals surface area contributed by atoms with Gasteiger partial charge in [-0.15, -0.1) is 0 Å². The Morgan fingerprint density at radius 2 is 1.88 bits per heavy atom. The average molecular weight is 344 g/mol. The van der Waals surface area contributed by atoms with Gasteiger partial charge in [0.2, 0.25) is 6.10 Å². The number of rotatable bonds is 5. The Balaban J connectivity index is 1.56. The van der Waals surface area contributed by atoms with Gasteiger partial charge in [0.15, 0.2) is 11.5 Å². The molecule has 0 fully saturated rings. The summed E-state index contributed by atoms with van der Waals surface area (Å²) in [7, 11) is 0. The molecule has 2 aromatic rings. The van der Waals surface area contributed by atoms with E-state index in [-0.39, 0.29) is 24.6 Å². The lowest BCUT2D eigenvalue weighted by molar-refractivity contribution is -0.133. The molecule has 0 saturated heterocycles. The molecule has 1 aliphatic rings. The molecule has 132 valence electrons. The molecular formula is C18H20N2O5. The predicted molar refractivity (Wildman–Crippen MR) is 90.7 cm³/mol. The first-order valence-electron chi connectivity index (χ1n) is 8.08. The van der Waals surface area contributed by atoms with Gasteiger partial charge in [-0.2, -0.15) is 0 Å². The van der Waals surface area contributed by atoms with Gasteiger partial charge in [-0.1, -0.05) is 18.2 Å². The Morgan fingerprint density at radius 1 is 1.20 bits per heavy atom. The molecule has 2 N–H and O–H groups in total. The van der Waals surface area contributed by atoms with Crippen molar-refractivity contribution >= 4 is 5.91 Å². The molecule has 1 aliphatic heterocycles. The van der Waals surface area contributed by atoms with Gasteiger partial charge in [-0.25, -0.2) is 0 Å². The number of hydrogen-bond acceptors (Lipinski definition) is 5. The lowest BCUT2D eigenvalue weighted by Gasteiger charge is -2.31. The molecule has 0 bridgehead atoms. The number of benzene rings is 1. The highest BCUT2D eigenvalue weighted by atomic mass is 16.6. The van der Waals surface area contributed by atoms with Crippen LogP contribution in [0.1, 0.15) is 6.92 Å². The van der Waals surface area contributed by atoms with Crippen LogP contribution in [0, 0.1) is 0 Å². The third-order valence-corrected chi connectivity index (χ3v) is 3.92. The van der Waals surface area contributed by atoms with Crippen LogP contribution in [0.25, 0.3) is 0 Å². The fraction of sp³-hybridized carbons (Fsp3) is 0.333. The fourth-order valence-electron chi connectivity index (χ4n) is 2.63. The van der Waals surface area contributed by atoms with Crippen molar-refractivity contribution in [1.82, 2.24) is 9.88 Å². The van der Waals surface area contributed by atoms with Gasteiger partial charge in [-0.3, -0.25) is 9.59 Å². The minimum Gasteiger partial charge on any atom is -0.482 e. The Bertz CT molecular complexity index is 804. The van der Waals surface area contributed by atoms with E-state index >= 15 is 0 Å².